The molecule has 1 aromatic heterocycles. The number of nitrogens with one attached hydrogen (secondary N) is 2. The number of rotatable bonds is 6. The minimum atomic E-state index is -0.208. The maximum atomic E-state index is 12.1. The average Bonchev–Trinajstić information content (AvgIpc) is 3.20. The molecule has 28 heavy (non-hydrogen) atoms. The first-order valence-electron chi connectivity index (χ1n) is 8.99. The molecule has 0 bridgehead atoms. The van der Waals surface area contributed by atoms with Gasteiger partial charge in [-0.25, -0.2) is 4.98 Å². The number of aromatic nitrogens is 1. The number of hydrogen-bond acceptors (Lipinski definition) is 5. The number of anilines is 1. The Bertz CT molecular complexity index is 1000. The van der Waals surface area contributed by atoms with Crippen LogP contribution in [-0.2, 0) is 22.6 Å². The van der Waals surface area contributed by atoms with E-state index < -0.39 is 0 Å². The van der Waals surface area contributed by atoms with Gasteiger partial charge in [-0.2, -0.15) is 0 Å². The molecule has 0 aliphatic carbocycles. The number of carbonyl (C=O) groups excluding carboxylic acids is 2. The average molecular weight is 393 g/mol. The number of aryl methyl sites for hydroxylation is 1. The molecule has 0 radical (unpaired) electrons. The third-order valence-corrected chi connectivity index (χ3v) is 5.32. The highest BCUT2D eigenvalue weighted by Gasteiger charge is 2.15. The summed E-state index contributed by atoms with van der Waals surface area (Å²) < 4.78 is 5.58. The molecule has 0 saturated heterocycles. The van der Waals surface area contributed by atoms with E-state index in [1.807, 2.05) is 41.8 Å². The highest BCUT2D eigenvalue weighted by molar-refractivity contribution is 7.13. The lowest BCUT2D eigenvalue weighted by atomic mass is 10.0. The minimum absolute atomic E-state index is 0.0259. The lowest BCUT2D eigenvalue weighted by Crippen LogP contribution is -2.28. The number of carbonyl (C=O) groups is 2. The third kappa shape index (κ3) is 4.37. The van der Waals surface area contributed by atoms with Gasteiger partial charge in [-0.1, -0.05) is 30.3 Å². The topological polar surface area (TPSA) is 80.3 Å². The van der Waals surface area contributed by atoms with E-state index in [1.165, 1.54) is 0 Å². The van der Waals surface area contributed by atoms with E-state index in [0.29, 0.717) is 25.1 Å². The molecule has 2 N–H and O–H groups in total. The van der Waals surface area contributed by atoms with Gasteiger partial charge in [0.25, 0.3) is 5.91 Å². The normalized spacial score (nSPS) is 12.8. The van der Waals surface area contributed by atoms with Crippen molar-refractivity contribution in [1.29, 1.82) is 0 Å². The van der Waals surface area contributed by atoms with Crippen LogP contribution >= 0.6 is 11.3 Å². The number of fused-ring (bicyclic) bond motifs is 1. The molecule has 142 valence electrons. The van der Waals surface area contributed by atoms with Crippen LogP contribution in [0.25, 0.3) is 10.6 Å². The van der Waals surface area contributed by atoms with Crippen LogP contribution in [0.1, 0.15) is 17.7 Å². The van der Waals surface area contributed by atoms with E-state index in [0.717, 1.165) is 27.5 Å². The summed E-state index contributed by atoms with van der Waals surface area (Å²) >= 11 is 1.55. The Kier molecular flexibility index (Phi) is 5.34. The third-order valence-electron chi connectivity index (χ3n) is 4.38. The summed E-state index contributed by atoms with van der Waals surface area (Å²) in [6.07, 6.45) is 1.15. The molecule has 1 aliphatic heterocycles. The predicted molar refractivity (Wildman–Crippen MR) is 108 cm³/mol. The lowest BCUT2D eigenvalue weighted by molar-refractivity contribution is -0.123. The predicted octanol–water partition coefficient (Wildman–Crippen LogP) is 3.39. The van der Waals surface area contributed by atoms with Crippen molar-refractivity contribution >= 4 is 28.8 Å². The molecule has 7 heteroatoms. The van der Waals surface area contributed by atoms with E-state index in [1.54, 1.807) is 23.5 Å². The van der Waals surface area contributed by atoms with Gasteiger partial charge >= 0.3 is 0 Å². The second-order valence-corrected chi connectivity index (χ2v) is 7.30. The van der Waals surface area contributed by atoms with Crippen molar-refractivity contribution in [3.63, 3.8) is 0 Å². The monoisotopic (exact) mass is 393 g/mol. The van der Waals surface area contributed by atoms with Gasteiger partial charge in [-0.15, -0.1) is 11.3 Å². The van der Waals surface area contributed by atoms with Gasteiger partial charge in [-0.3, -0.25) is 9.59 Å². The van der Waals surface area contributed by atoms with E-state index >= 15 is 0 Å². The van der Waals surface area contributed by atoms with E-state index in [-0.39, 0.29) is 18.4 Å². The summed E-state index contributed by atoms with van der Waals surface area (Å²) in [5.74, 6) is 0.434. The molecular weight excluding hydrogens is 374 g/mol. The Balaban J connectivity index is 1.27. The Morgan fingerprint density at radius 3 is 2.89 bits per heavy atom. The first kappa shape index (κ1) is 18.2. The van der Waals surface area contributed by atoms with Crippen molar-refractivity contribution in [1.82, 2.24) is 10.3 Å². The van der Waals surface area contributed by atoms with E-state index in [9.17, 15) is 9.59 Å². The van der Waals surface area contributed by atoms with Crippen molar-refractivity contribution in [2.45, 2.75) is 19.4 Å². The molecule has 0 spiro atoms. The van der Waals surface area contributed by atoms with Gasteiger partial charge in [0, 0.05) is 23.1 Å². The molecule has 2 aromatic carbocycles. The number of thiazole rings is 1. The van der Waals surface area contributed by atoms with Crippen molar-refractivity contribution in [2.75, 3.05) is 11.9 Å². The van der Waals surface area contributed by atoms with Crippen LogP contribution in [0.2, 0.25) is 0 Å². The van der Waals surface area contributed by atoms with Crippen molar-refractivity contribution in [3.05, 3.63) is 65.2 Å². The molecule has 1 aliphatic rings. The van der Waals surface area contributed by atoms with Crippen LogP contribution < -0.4 is 15.4 Å². The Morgan fingerprint density at radius 1 is 1.18 bits per heavy atom. The molecule has 0 unspecified atom stereocenters. The fraction of sp³-hybridized carbons (Fsp3) is 0.190. The van der Waals surface area contributed by atoms with E-state index in [2.05, 4.69) is 15.6 Å². The molecule has 4 rings (SSSR count). The van der Waals surface area contributed by atoms with Gasteiger partial charge in [0.1, 0.15) is 10.8 Å². The second kappa shape index (κ2) is 8.22. The molecular formula is C21H19N3O3S. The summed E-state index contributed by atoms with van der Waals surface area (Å²) in [4.78, 5) is 28.0. The molecule has 2 amide bonds. The first-order chi connectivity index (χ1) is 13.7. The van der Waals surface area contributed by atoms with Gasteiger partial charge < -0.3 is 15.4 Å². The van der Waals surface area contributed by atoms with Gasteiger partial charge in [0.15, 0.2) is 6.61 Å². The Morgan fingerprint density at radius 2 is 2.04 bits per heavy atom. The van der Waals surface area contributed by atoms with Crippen LogP contribution in [0.4, 0.5) is 5.69 Å². The standard InChI is InChI=1S/C21H19N3O3S/c25-19-9-6-15-10-17(7-8-18(15)24-19)27-12-20(26)22-11-16-13-28-21(23-16)14-4-2-1-3-5-14/h1-5,7-8,10,13H,6,9,11-12H2,(H,22,26)(H,24,25). The molecule has 0 saturated carbocycles. The highest BCUT2D eigenvalue weighted by atomic mass is 32.1. The molecule has 6 nitrogen and oxygen atoms in total. The lowest BCUT2D eigenvalue weighted by Gasteiger charge is -2.17. The summed E-state index contributed by atoms with van der Waals surface area (Å²) in [5, 5.41) is 8.53. The van der Waals surface area contributed by atoms with Crippen LogP contribution in [0.15, 0.2) is 53.9 Å². The zero-order valence-electron chi connectivity index (χ0n) is 15.1. The Labute approximate surface area is 166 Å². The smallest absolute Gasteiger partial charge is 0.258 e. The molecule has 2 heterocycles. The van der Waals surface area contributed by atoms with Gasteiger partial charge in [-0.05, 0) is 30.2 Å². The largest absolute Gasteiger partial charge is 0.484 e. The SMILES string of the molecule is O=C(COc1ccc2c(c1)CCC(=O)N2)NCc1csc(-c2ccccc2)n1. The Hall–Kier alpha value is -3.19. The first-order valence-corrected chi connectivity index (χ1v) is 9.87. The minimum Gasteiger partial charge on any atom is -0.484 e. The molecule has 0 atom stereocenters. The van der Waals surface area contributed by atoms with Gasteiger partial charge in [0.2, 0.25) is 5.91 Å². The van der Waals surface area contributed by atoms with Crippen LogP contribution in [0, 0.1) is 0 Å². The molecule has 0 fully saturated rings. The van der Waals surface area contributed by atoms with Crippen LogP contribution in [-0.4, -0.2) is 23.4 Å². The fourth-order valence-electron chi connectivity index (χ4n) is 2.94. The number of nitrogens with zero attached hydrogens (tertiary/aromatic N) is 1. The second-order valence-electron chi connectivity index (χ2n) is 6.44. The maximum absolute atomic E-state index is 12.1. The van der Waals surface area contributed by atoms with Crippen LogP contribution in [0.3, 0.4) is 0 Å². The van der Waals surface area contributed by atoms with Crippen molar-refractivity contribution < 1.29 is 14.3 Å². The summed E-state index contributed by atoms with van der Waals surface area (Å²) in [6, 6.07) is 15.4. The number of amides is 2. The van der Waals surface area contributed by atoms with Crippen LogP contribution in [0.5, 0.6) is 5.75 Å². The molecule has 3 aromatic rings. The highest BCUT2D eigenvalue weighted by Crippen LogP contribution is 2.27. The zero-order valence-corrected chi connectivity index (χ0v) is 15.9. The summed E-state index contributed by atoms with van der Waals surface area (Å²) in [7, 11) is 0. The van der Waals surface area contributed by atoms with Gasteiger partial charge in [0.05, 0.1) is 12.2 Å². The zero-order chi connectivity index (χ0) is 19.3. The maximum Gasteiger partial charge on any atom is 0.258 e. The van der Waals surface area contributed by atoms with Crippen molar-refractivity contribution in [3.8, 4) is 16.3 Å². The number of benzene rings is 2. The fourth-order valence-corrected chi connectivity index (χ4v) is 3.77. The summed E-state index contributed by atoms with van der Waals surface area (Å²) in [5.41, 5.74) is 3.72. The number of hydrogen-bond donors (Lipinski definition) is 2. The summed E-state index contributed by atoms with van der Waals surface area (Å²) in [6.45, 7) is 0.294. The van der Waals surface area contributed by atoms with E-state index in [4.69, 9.17) is 4.74 Å². The number of ether oxygens (including phenoxy) is 1. The van der Waals surface area contributed by atoms with Crippen molar-refractivity contribution in [2.24, 2.45) is 0 Å². The quantitative estimate of drug-likeness (QED) is 0.673.